The molecule has 3 rings (SSSR count). The van der Waals surface area contributed by atoms with Gasteiger partial charge >= 0.3 is 0 Å². The molecule has 5 heteroatoms. The second-order valence-corrected chi connectivity index (χ2v) is 3.37. The minimum atomic E-state index is 0.669. The summed E-state index contributed by atoms with van der Waals surface area (Å²) in [5.41, 5.74) is 2.37. The third kappa shape index (κ3) is 0.975. The molecular formula is C9H5ClN4. The zero-order chi connectivity index (χ0) is 9.54. The van der Waals surface area contributed by atoms with E-state index < -0.39 is 0 Å². The van der Waals surface area contributed by atoms with Crippen LogP contribution in [0.15, 0.2) is 30.5 Å². The van der Waals surface area contributed by atoms with Crippen molar-refractivity contribution >= 4 is 28.3 Å². The van der Waals surface area contributed by atoms with Gasteiger partial charge in [0.05, 0.1) is 11.7 Å². The van der Waals surface area contributed by atoms with Crippen LogP contribution in [-0.4, -0.2) is 19.8 Å². The van der Waals surface area contributed by atoms with E-state index >= 15 is 0 Å². The highest BCUT2D eigenvalue weighted by molar-refractivity contribution is 6.31. The first-order valence-electron chi connectivity index (χ1n) is 4.10. The molecule has 0 radical (unpaired) electrons. The summed E-state index contributed by atoms with van der Waals surface area (Å²) in [6, 6.07) is 7.23. The van der Waals surface area contributed by atoms with Crippen LogP contribution in [0.5, 0.6) is 0 Å². The maximum atomic E-state index is 5.90. The number of benzene rings is 1. The fourth-order valence-electron chi connectivity index (χ4n) is 1.41. The number of hydrogen-bond donors (Lipinski definition) is 0. The average Bonchev–Trinajstić information content (AvgIpc) is 2.65. The van der Waals surface area contributed by atoms with Crippen LogP contribution in [0.4, 0.5) is 0 Å². The predicted octanol–water partition coefficient (Wildman–Crippen LogP) is 1.93. The lowest BCUT2D eigenvalue weighted by molar-refractivity contribution is 0.943. The Kier molecular flexibility index (Phi) is 1.46. The highest BCUT2D eigenvalue weighted by Gasteiger charge is 2.03. The highest BCUT2D eigenvalue weighted by atomic mass is 35.5. The predicted molar refractivity (Wildman–Crippen MR) is 53.3 cm³/mol. The van der Waals surface area contributed by atoms with Crippen LogP contribution in [-0.2, 0) is 0 Å². The van der Waals surface area contributed by atoms with Gasteiger partial charge in [-0.25, -0.2) is 4.52 Å². The van der Waals surface area contributed by atoms with E-state index in [2.05, 4.69) is 15.3 Å². The van der Waals surface area contributed by atoms with Crippen molar-refractivity contribution in [3.8, 4) is 0 Å². The van der Waals surface area contributed by atoms with Crippen LogP contribution in [0.25, 0.3) is 16.7 Å². The summed E-state index contributed by atoms with van der Waals surface area (Å²) >= 11 is 5.90. The van der Waals surface area contributed by atoms with E-state index in [1.807, 2.05) is 12.1 Å². The van der Waals surface area contributed by atoms with Crippen molar-refractivity contribution in [2.24, 2.45) is 0 Å². The van der Waals surface area contributed by atoms with Crippen LogP contribution in [0.2, 0.25) is 5.02 Å². The van der Waals surface area contributed by atoms with Gasteiger partial charge < -0.3 is 0 Å². The molecule has 2 aromatic heterocycles. The molecule has 68 valence electrons. The van der Waals surface area contributed by atoms with Gasteiger partial charge in [-0.3, -0.25) is 0 Å². The van der Waals surface area contributed by atoms with Crippen LogP contribution in [0.1, 0.15) is 0 Å². The Hall–Kier alpha value is -1.68. The van der Waals surface area contributed by atoms with Gasteiger partial charge in [0.25, 0.3) is 0 Å². The lowest BCUT2D eigenvalue weighted by atomic mass is 10.3. The molecule has 0 atom stereocenters. The number of nitrogens with zero attached hydrogens (tertiary/aromatic N) is 4. The second-order valence-electron chi connectivity index (χ2n) is 2.93. The Morgan fingerprint density at radius 1 is 1.14 bits per heavy atom. The van der Waals surface area contributed by atoms with Crippen molar-refractivity contribution < 1.29 is 0 Å². The number of rotatable bonds is 0. The maximum Gasteiger partial charge on any atom is 0.177 e. The molecule has 14 heavy (non-hydrogen) atoms. The molecule has 0 fully saturated rings. The van der Waals surface area contributed by atoms with E-state index in [1.165, 1.54) is 0 Å². The number of halogens is 1. The molecule has 3 aromatic rings. The summed E-state index contributed by atoms with van der Waals surface area (Å²) in [4.78, 5) is 0. The van der Waals surface area contributed by atoms with Crippen LogP contribution in [0, 0.1) is 0 Å². The molecule has 0 aliphatic carbocycles. The van der Waals surface area contributed by atoms with Crippen molar-refractivity contribution in [2.75, 3.05) is 0 Å². The summed E-state index contributed by atoms with van der Waals surface area (Å²) < 4.78 is 1.72. The van der Waals surface area contributed by atoms with E-state index in [0.717, 1.165) is 16.7 Å². The number of aromatic nitrogens is 4. The quantitative estimate of drug-likeness (QED) is 0.562. The Bertz CT molecular complexity index is 616. The van der Waals surface area contributed by atoms with Gasteiger partial charge in [0.15, 0.2) is 5.65 Å². The van der Waals surface area contributed by atoms with Crippen molar-refractivity contribution in [2.45, 2.75) is 0 Å². The monoisotopic (exact) mass is 204 g/mol. The van der Waals surface area contributed by atoms with E-state index in [9.17, 15) is 0 Å². The van der Waals surface area contributed by atoms with Crippen LogP contribution in [0.3, 0.4) is 0 Å². The molecule has 0 aliphatic rings. The van der Waals surface area contributed by atoms with Crippen molar-refractivity contribution in [3.05, 3.63) is 35.5 Å². The summed E-state index contributed by atoms with van der Waals surface area (Å²) in [6.45, 7) is 0. The second kappa shape index (κ2) is 2.65. The lowest BCUT2D eigenvalue weighted by Crippen LogP contribution is -1.95. The number of fused-ring (bicyclic) bond motifs is 3. The first-order valence-corrected chi connectivity index (χ1v) is 4.48. The van der Waals surface area contributed by atoms with Gasteiger partial charge in [-0.1, -0.05) is 11.6 Å². The molecule has 0 bridgehead atoms. The van der Waals surface area contributed by atoms with Gasteiger partial charge in [-0.05, 0) is 18.2 Å². The van der Waals surface area contributed by atoms with Gasteiger partial charge in [0.1, 0.15) is 5.52 Å². The standard InChI is InChI=1S/C9H5ClN4/c10-6-1-2-7-8(5-6)14-9(13-12-7)3-4-11-14/h1-5H. The fraction of sp³-hybridized carbons (Fsp3) is 0. The highest BCUT2D eigenvalue weighted by Crippen LogP contribution is 2.17. The first kappa shape index (κ1) is 7.70. The Balaban J connectivity index is 2.60. The molecule has 0 saturated carbocycles. The van der Waals surface area contributed by atoms with Crippen molar-refractivity contribution in [1.82, 2.24) is 19.8 Å². The third-order valence-electron chi connectivity index (χ3n) is 2.05. The normalized spacial score (nSPS) is 11.2. The number of hydrogen-bond acceptors (Lipinski definition) is 3. The SMILES string of the molecule is Clc1ccc2nnc3ccnn3c2c1. The van der Waals surface area contributed by atoms with E-state index in [4.69, 9.17) is 11.6 Å². The minimum absolute atomic E-state index is 0.669. The van der Waals surface area contributed by atoms with Gasteiger partial charge in [0.2, 0.25) is 0 Å². The topological polar surface area (TPSA) is 43.1 Å². The molecule has 1 aromatic carbocycles. The Labute approximate surface area is 84.1 Å². The van der Waals surface area contributed by atoms with E-state index in [1.54, 1.807) is 22.8 Å². The first-order chi connectivity index (χ1) is 6.84. The van der Waals surface area contributed by atoms with E-state index in [0.29, 0.717) is 5.02 Å². The summed E-state index contributed by atoms with van der Waals surface area (Å²) in [7, 11) is 0. The van der Waals surface area contributed by atoms with Gasteiger partial charge in [0, 0.05) is 11.1 Å². The molecule has 0 saturated heterocycles. The molecule has 0 aliphatic heterocycles. The lowest BCUT2D eigenvalue weighted by Gasteiger charge is -1.99. The fourth-order valence-corrected chi connectivity index (χ4v) is 1.58. The van der Waals surface area contributed by atoms with Crippen LogP contribution >= 0.6 is 11.6 Å². The molecule has 0 amide bonds. The van der Waals surface area contributed by atoms with Gasteiger partial charge in [-0.15, -0.1) is 10.2 Å². The van der Waals surface area contributed by atoms with Gasteiger partial charge in [-0.2, -0.15) is 5.10 Å². The zero-order valence-electron chi connectivity index (χ0n) is 7.05. The van der Waals surface area contributed by atoms with Crippen molar-refractivity contribution in [3.63, 3.8) is 0 Å². The largest absolute Gasteiger partial charge is 0.211 e. The molecule has 2 heterocycles. The van der Waals surface area contributed by atoms with Crippen molar-refractivity contribution in [1.29, 1.82) is 0 Å². The zero-order valence-corrected chi connectivity index (χ0v) is 7.81. The minimum Gasteiger partial charge on any atom is -0.211 e. The molecule has 0 N–H and O–H groups in total. The molecule has 0 unspecified atom stereocenters. The van der Waals surface area contributed by atoms with E-state index in [-0.39, 0.29) is 0 Å². The third-order valence-corrected chi connectivity index (χ3v) is 2.28. The Morgan fingerprint density at radius 2 is 2.07 bits per heavy atom. The summed E-state index contributed by atoms with van der Waals surface area (Å²) in [5.74, 6) is 0. The summed E-state index contributed by atoms with van der Waals surface area (Å²) in [5, 5.41) is 12.9. The average molecular weight is 205 g/mol. The summed E-state index contributed by atoms with van der Waals surface area (Å²) in [6.07, 6.45) is 1.68. The molecule has 4 nitrogen and oxygen atoms in total. The Morgan fingerprint density at radius 3 is 3.00 bits per heavy atom. The smallest absolute Gasteiger partial charge is 0.177 e. The molecular weight excluding hydrogens is 200 g/mol. The maximum absolute atomic E-state index is 5.90. The molecule has 0 spiro atoms. The van der Waals surface area contributed by atoms with Crippen LogP contribution < -0.4 is 0 Å².